The molecule has 2 heterocycles. The average molecular weight is 362 g/mol. The molecular formula is C15H21F3N4OS. The lowest BCUT2D eigenvalue weighted by Gasteiger charge is -2.16. The highest BCUT2D eigenvalue weighted by Crippen LogP contribution is 2.25. The summed E-state index contributed by atoms with van der Waals surface area (Å²) in [4.78, 5) is 7.99. The van der Waals surface area contributed by atoms with Crippen LogP contribution in [0.1, 0.15) is 18.4 Å². The van der Waals surface area contributed by atoms with E-state index < -0.39 is 12.8 Å². The summed E-state index contributed by atoms with van der Waals surface area (Å²) in [5, 5.41) is 6.89. The summed E-state index contributed by atoms with van der Waals surface area (Å²) >= 11 is 1.94. The summed E-state index contributed by atoms with van der Waals surface area (Å²) in [7, 11) is 1.65. The van der Waals surface area contributed by atoms with Gasteiger partial charge in [-0.05, 0) is 24.7 Å². The van der Waals surface area contributed by atoms with Crippen LogP contribution in [0.15, 0.2) is 23.3 Å². The van der Waals surface area contributed by atoms with Gasteiger partial charge in [0.05, 0.1) is 0 Å². The number of aliphatic imine (C=N–C) groups is 1. The van der Waals surface area contributed by atoms with Crippen LogP contribution in [-0.4, -0.2) is 48.3 Å². The second-order valence-corrected chi connectivity index (χ2v) is 6.72. The van der Waals surface area contributed by atoms with Crippen molar-refractivity contribution in [3.05, 3.63) is 23.9 Å². The van der Waals surface area contributed by atoms with Gasteiger partial charge in [0.1, 0.15) is 0 Å². The number of nitrogens with one attached hydrogen (secondary N) is 2. The molecule has 1 aliphatic heterocycles. The molecule has 1 atom stereocenters. The van der Waals surface area contributed by atoms with Crippen LogP contribution in [0.3, 0.4) is 0 Å². The largest absolute Gasteiger partial charge is 0.468 e. The number of hydrogen-bond donors (Lipinski definition) is 2. The van der Waals surface area contributed by atoms with Crippen LogP contribution in [0.5, 0.6) is 5.88 Å². The first-order valence-corrected chi connectivity index (χ1v) is 8.72. The van der Waals surface area contributed by atoms with Crippen molar-refractivity contribution in [1.29, 1.82) is 0 Å². The highest BCUT2D eigenvalue weighted by atomic mass is 32.2. The summed E-state index contributed by atoms with van der Waals surface area (Å²) < 4.78 is 41.6. The number of ether oxygens (including phenoxy) is 1. The topological polar surface area (TPSA) is 58.5 Å². The number of hydrogen-bond acceptors (Lipinski definition) is 4. The van der Waals surface area contributed by atoms with E-state index in [1.54, 1.807) is 19.2 Å². The van der Waals surface area contributed by atoms with Gasteiger partial charge in [0.15, 0.2) is 12.6 Å². The molecule has 24 heavy (non-hydrogen) atoms. The maximum atomic E-state index is 12.3. The minimum Gasteiger partial charge on any atom is -0.468 e. The van der Waals surface area contributed by atoms with E-state index >= 15 is 0 Å². The zero-order chi connectivity index (χ0) is 17.4. The van der Waals surface area contributed by atoms with Gasteiger partial charge in [0.2, 0.25) is 5.88 Å². The van der Waals surface area contributed by atoms with Crippen LogP contribution >= 0.6 is 11.8 Å². The van der Waals surface area contributed by atoms with E-state index in [0.29, 0.717) is 16.8 Å². The lowest BCUT2D eigenvalue weighted by molar-refractivity contribution is -0.154. The molecule has 2 N–H and O–H groups in total. The lowest BCUT2D eigenvalue weighted by Crippen LogP contribution is -2.39. The standard InChI is InChI=1S/C15H21F3N4OS/c1-19-14(22-9-12-5-3-7-24-12)21-8-11-4-2-6-20-13(11)23-10-15(16,17)18/h2,4,6,12H,3,5,7-10H2,1H3,(H2,19,21,22). The number of thioether (sulfide) groups is 1. The Labute approximate surface area is 143 Å². The van der Waals surface area contributed by atoms with Gasteiger partial charge in [-0.15, -0.1) is 0 Å². The number of alkyl halides is 3. The second kappa shape index (κ2) is 9.00. The molecule has 5 nitrogen and oxygen atoms in total. The summed E-state index contributed by atoms with van der Waals surface area (Å²) in [6.45, 7) is -0.268. The van der Waals surface area contributed by atoms with Crippen molar-refractivity contribution < 1.29 is 17.9 Å². The Morgan fingerprint density at radius 1 is 1.46 bits per heavy atom. The number of nitrogens with zero attached hydrogens (tertiary/aromatic N) is 2. The molecule has 1 aromatic heterocycles. The van der Waals surface area contributed by atoms with Crippen molar-refractivity contribution in [2.24, 2.45) is 4.99 Å². The number of pyridine rings is 1. The SMILES string of the molecule is CN=C(NCc1cccnc1OCC(F)(F)F)NCC1CCCS1. The second-order valence-electron chi connectivity index (χ2n) is 5.31. The predicted molar refractivity (Wildman–Crippen MR) is 89.5 cm³/mol. The van der Waals surface area contributed by atoms with E-state index in [0.717, 1.165) is 6.54 Å². The first-order valence-electron chi connectivity index (χ1n) is 7.67. The van der Waals surface area contributed by atoms with Gasteiger partial charge < -0.3 is 15.4 Å². The molecule has 0 amide bonds. The first kappa shape index (κ1) is 18.7. The van der Waals surface area contributed by atoms with Crippen LogP contribution in [0.2, 0.25) is 0 Å². The highest BCUT2D eigenvalue weighted by Gasteiger charge is 2.29. The number of halogens is 3. The number of guanidine groups is 1. The van der Waals surface area contributed by atoms with E-state index in [4.69, 9.17) is 4.74 Å². The first-order chi connectivity index (χ1) is 11.5. The summed E-state index contributed by atoms with van der Waals surface area (Å²) in [5.41, 5.74) is 0.542. The molecule has 1 fully saturated rings. The molecule has 0 saturated carbocycles. The molecule has 1 saturated heterocycles. The van der Waals surface area contributed by atoms with Crippen LogP contribution in [0.4, 0.5) is 13.2 Å². The third kappa shape index (κ3) is 6.46. The van der Waals surface area contributed by atoms with Crippen molar-refractivity contribution in [2.45, 2.75) is 30.8 Å². The minimum absolute atomic E-state index is 0.0240. The molecule has 0 spiro atoms. The predicted octanol–water partition coefficient (Wildman–Crippen LogP) is 2.58. The maximum absolute atomic E-state index is 12.3. The minimum atomic E-state index is -4.39. The molecule has 1 unspecified atom stereocenters. The van der Waals surface area contributed by atoms with Crippen molar-refractivity contribution >= 4 is 17.7 Å². The van der Waals surface area contributed by atoms with Crippen LogP contribution in [-0.2, 0) is 6.54 Å². The van der Waals surface area contributed by atoms with Crippen molar-refractivity contribution in [2.75, 3.05) is 26.0 Å². The highest BCUT2D eigenvalue weighted by molar-refractivity contribution is 8.00. The van der Waals surface area contributed by atoms with Gasteiger partial charge in [0, 0.05) is 37.1 Å². The van der Waals surface area contributed by atoms with Gasteiger partial charge in [-0.1, -0.05) is 6.07 Å². The molecule has 1 aromatic rings. The van der Waals surface area contributed by atoms with Gasteiger partial charge in [-0.3, -0.25) is 4.99 Å². The molecular weight excluding hydrogens is 341 g/mol. The average Bonchev–Trinajstić information content (AvgIpc) is 3.06. The fourth-order valence-electron chi connectivity index (χ4n) is 2.25. The third-order valence-corrected chi connectivity index (χ3v) is 4.81. The van der Waals surface area contributed by atoms with E-state index in [-0.39, 0.29) is 12.4 Å². The third-order valence-electron chi connectivity index (χ3n) is 3.41. The fourth-order valence-corrected chi connectivity index (χ4v) is 3.46. The van der Waals surface area contributed by atoms with Crippen LogP contribution in [0, 0.1) is 0 Å². The van der Waals surface area contributed by atoms with Crippen LogP contribution < -0.4 is 15.4 Å². The van der Waals surface area contributed by atoms with Gasteiger partial charge in [0.25, 0.3) is 0 Å². The van der Waals surface area contributed by atoms with Gasteiger partial charge in [-0.25, -0.2) is 4.98 Å². The van der Waals surface area contributed by atoms with Crippen molar-refractivity contribution in [1.82, 2.24) is 15.6 Å². The Morgan fingerprint density at radius 3 is 2.96 bits per heavy atom. The van der Waals surface area contributed by atoms with E-state index in [1.165, 1.54) is 24.8 Å². The summed E-state index contributed by atoms with van der Waals surface area (Å²) in [6, 6.07) is 3.33. The number of rotatable bonds is 6. The quantitative estimate of drug-likeness (QED) is 0.602. The lowest BCUT2D eigenvalue weighted by atomic mass is 10.2. The smallest absolute Gasteiger partial charge is 0.422 e. The van der Waals surface area contributed by atoms with E-state index in [9.17, 15) is 13.2 Å². The van der Waals surface area contributed by atoms with Gasteiger partial charge >= 0.3 is 6.18 Å². The zero-order valence-electron chi connectivity index (χ0n) is 13.4. The van der Waals surface area contributed by atoms with Gasteiger partial charge in [-0.2, -0.15) is 24.9 Å². The Balaban J connectivity index is 1.85. The normalized spacial score (nSPS) is 18.5. The van der Waals surface area contributed by atoms with Crippen molar-refractivity contribution in [3.8, 4) is 5.88 Å². The van der Waals surface area contributed by atoms with E-state index in [2.05, 4.69) is 20.6 Å². The number of aromatic nitrogens is 1. The molecule has 1 aliphatic rings. The zero-order valence-corrected chi connectivity index (χ0v) is 14.2. The Kier molecular flexibility index (Phi) is 7.01. The Morgan fingerprint density at radius 2 is 2.29 bits per heavy atom. The Bertz CT molecular complexity index is 548. The summed E-state index contributed by atoms with van der Waals surface area (Å²) in [6.07, 6.45) is -0.566. The molecule has 134 valence electrons. The summed E-state index contributed by atoms with van der Waals surface area (Å²) in [5.74, 6) is 1.77. The van der Waals surface area contributed by atoms with E-state index in [1.807, 2.05) is 11.8 Å². The fraction of sp³-hybridized carbons (Fsp3) is 0.600. The Hall–Kier alpha value is -1.64. The molecule has 9 heteroatoms. The van der Waals surface area contributed by atoms with Crippen molar-refractivity contribution in [3.63, 3.8) is 0 Å². The monoisotopic (exact) mass is 362 g/mol. The molecule has 0 radical (unpaired) electrons. The molecule has 0 bridgehead atoms. The maximum Gasteiger partial charge on any atom is 0.422 e. The molecule has 0 aliphatic carbocycles. The molecule has 0 aromatic carbocycles. The molecule has 2 rings (SSSR count). The van der Waals surface area contributed by atoms with Crippen LogP contribution in [0.25, 0.3) is 0 Å².